The van der Waals surface area contributed by atoms with Gasteiger partial charge in [0.05, 0.1) is 12.9 Å². The summed E-state index contributed by atoms with van der Waals surface area (Å²) in [5.41, 5.74) is 0.950. The van der Waals surface area contributed by atoms with Gasteiger partial charge in [0.2, 0.25) is 0 Å². The maximum Gasteiger partial charge on any atom is 0.316 e. The van der Waals surface area contributed by atoms with Gasteiger partial charge >= 0.3 is 5.97 Å². The molecule has 1 saturated carbocycles. The van der Waals surface area contributed by atoms with Crippen molar-refractivity contribution < 1.29 is 14.3 Å². The van der Waals surface area contributed by atoms with Crippen molar-refractivity contribution in [1.29, 1.82) is 0 Å². The maximum atomic E-state index is 12.5. The Bertz CT molecular complexity index is 819. The van der Waals surface area contributed by atoms with Crippen LogP contribution >= 0.6 is 11.8 Å². The van der Waals surface area contributed by atoms with Gasteiger partial charge in [0.25, 0.3) is 0 Å². The molecule has 6 nitrogen and oxygen atoms in total. The molecule has 29 heavy (non-hydrogen) atoms. The van der Waals surface area contributed by atoms with Crippen LogP contribution in [0.15, 0.2) is 29.4 Å². The first-order chi connectivity index (χ1) is 13.9. The van der Waals surface area contributed by atoms with E-state index in [9.17, 15) is 4.79 Å². The summed E-state index contributed by atoms with van der Waals surface area (Å²) in [4.78, 5) is 12.5. The summed E-state index contributed by atoms with van der Waals surface area (Å²) >= 11 is 1.37. The predicted octanol–water partition coefficient (Wildman–Crippen LogP) is 4.59. The number of benzene rings is 1. The fourth-order valence-corrected chi connectivity index (χ4v) is 4.70. The molecular weight excluding hydrogens is 386 g/mol. The van der Waals surface area contributed by atoms with Gasteiger partial charge in [-0.05, 0) is 54.9 Å². The molecule has 0 N–H and O–H groups in total. The molecule has 0 bridgehead atoms. The monoisotopic (exact) mass is 417 g/mol. The van der Waals surface area contributed by atoms with E-state index in [1.165, 1.54) is 18.2 Å². The normalized spacial score (nSPS) is 21.9. The Labute approximate surface area is 177 Å². The van der Waals surface area contributed by atoms with Crippen LogP contribution in [-0.4, -0.2) is 39.7 Å². The number of thioether (sulfide) groups is 1. The van der Waals surface area contributed by atoms with E-state index >= 15 is 0 Å². The van der Waals surface area contributed by atoms with Gasteiger partial charge in [0, 0.05) is 12.6 Å². The molecule has 1 fully saturated rings. The number of aromatic nitrogens is 3. The molecule has 3 rings (SSSR count). The molecule has 1 aromatic heterocycles. The second-order valence-corrected chi connectivity index (χ2v) is 9.18. The Morgan fingerprint density at radius 2 is 1.97 bits per heavy atom. The Kier molecular flexibility index (Phi) is 7.22. The van der Waals surface area contributed by atoms with Crippen molar-refractivity contribution >= 4 is 17.7 Å². The number of esters is 1. The average molecular weight is 418 g/mol. The van der Waals surface area contributed by atoms with Gasteiger partial charge in [-0.1, -0.05) is 39.0 Å². The number of hydrogen-bond acceptors (Lipinski definition) is 6. The smallest absolute Gasteiger partial charge is 0.316 e. The Balaban J connectivity index is 1.59. The van der Waals surface area contributed by atoms with Crippen LogP contribution in [0.4, 0.5) is 0 Å². The minimum absolute atomic E-state index is 0.0289. The van der Waals surface area contributed by atoms with Crippen molar-refractivity contribution in [3.8, 4) is 17.1 Å². The molecule has 1 heterocycles. The average Bonchev–Trinajstić information content (AvgIpc) is 3.06. The lowest BCUT2D eigenvalue weighted by Crippen LogP contribution is -2.36. The first-order valence-corrected chi connectivity index (χ1v) is 11.2. The first-order valence-electron chi connectivity index (χ1n) is 10.2. The van der Waals surface area contributed by atoms with E-state index in [2.05, 4.69) is 31.0 Å². The van der Waals surface area contributed by atoms with Crippen molar-refractivity contribution in [3.63, 3.8) is 0 Å². The fraction of sp³-hybridized carbons (Fsp3) is 0.591. The molecule has 0 aliphatic heterocycles. The lowest BCUT2D eigenvalue weighted by Gasteiger charge is -2.36. The number of methoxy groups -OCH3 is 1. The standard InChI is InChI=1S/C22H31N3O3S/c1-14(2)18-11-6-15(3)12-19(18)28-20(26)13-29-22-24-23-21(25(22)4)16-7-9-17(27-5)10-8-16/h7-10,14-15,18-19H,6,11-13H2,1-5H3/t15-,18-,19-/m1/s1. The molecule has 1 aromatic carbocycles. The highest BCUT2D eigenvalue weighted by atomic mass is 32.2. The number of carbonyl (C=O) groups is 1. The van der Waals surface area contributed by atoms with E-state index < -0.39 is 0 Å². The lowest BCUT2D eigenvalue weighted by atomic mass is 9.75. The maximum absolute atomic E-state index is 12.5. The van der Waals surface area contributed by atoms with Crippen LogP contribution < -0.4 is 4.74 Å². The molecule has 7 heteroatoms. The second kappa shape index (κ2) is 9.65. The van der Waals surface area contributed by atoms with Crippen LogP contribution in [-0.2, 0) is 16.6 Å². The fourth-order valence-electron chi connectivity index (χ4n) is 4.01. The highest BCUT2D eigenvalue weighted by molar-refractivity contribution is 7.99. The van der Waals surface area contributed by atoms with Crippen molar-refractivity contribution in [3.05, 3.63) is 24.3 Å². The molecule has 0 saturated heterocycles. The van der Waals surface area contributed by atoms with Gasteiger partial charge < -0.3 is 14.0 Å². The third-order valence-corrected chi connectivity index (χ3v) is 6.74. The first kappa shape index (κ1) is 21.7. The topological polar surface area (TPSA) is 66.2 Å². The van der Waals surface area contributed by atoms with E-state index in [1.807, 2.05) is 35.9 Å². The van der Waals surface area contributed by atoms with Gasteiger partial charge in [-0.25, -0.2) is 0 Å². The molecule has 0 amide bonds. The van der Waals surface area contributed by atoms with Crippen molar-refractivity contribution in [1.82, 2.24) is 14.8 Å². The van der Waals surface area contributed by atoms with Crippen LogP contribution in [0.2, 0.25) is 0 Å². The Hall–Kier alpha value is -2.02. The van der Waals surface area contributed by atoms with Crippen LogP contribution in [0.3, 0.4) is 0 Å². The van der Waals surface area contributed by atoms with Crippen molar-refractivity contribution in [2.45, 2.75) is 51.3 Å². The summed E-state index contributed by atoms with van der Waals surface area (Å²) < 4.78 is 13.0. The van der Waals surface area contributed by atoms with Gasteiger partial charge in [0.15, 0.2) is 11.0 Å². The van der Waals surface area contributed by atoms with Crippen LogP contribution in [0.25, 0.3) is 11.4 Å². The summed E-state index contributed by atoms with van der Waals surface area (Å²) in [5, 5.41) is 9.22. The molecule has 0 radical (unpaired) electrons. The molecule has 0 unspecified atom stereocenters. The largest absolute Gasteiger partial charge is 0.497 e. The van der Waals surface area contributed by atoms with Crippen molar-refractivity contribution in [2.75, 3.05) is 12.9 Å². The lowest BCUT2D eigenvalue weighted by molar-refractivity contribution is -0.152. The zero-order valence-electron chi connectivity index (χ0n) is 17.9. The van der Waals surface area contributed by atoms with Crippen LogP contribution in [0.1, 0.15) is 40.0 Å². The minimum atomic E-state index is -0.172. The molecule has 0 spiro atoms. The third kappa shape index (κ3) is 5.32. The summed E-state index contributed by atoms with van der Waals surface area (Å²) in [5.74, 6) is 3.21. The zero-order chi connectivity index (χ0) is 21.0. The van der Waals surface area contributed by atoms with Crippen LogP contribution in [0.5, 0.6) is 5.75 Å². The minimum Gasteiger partial charge on any atom is -0.497 e. The number of ether oxygens (including phenoxy) is 2. The molecule has 3 atom stereocenters. The Morgan fingerprint density at radius 3 is 2.62 bits per heavy atom. The van der Waals surface area contributed by atoms with E-state index in [0.717, 1.165) is 30.0 Å². The molecule has 2 aromatic rings. The molecule has 1 aliphatic rings. The van der Waals surface area contributed by atoms with Gasteiger partial charge in [-0.2, -0.15) is 0 Å². The SMILES string of the molecule is COc1ccc(-c2nnc(SCC(=O)O[C@@H]3C[C@H](C)CC[C@@H]3C(C)C)n2C)cc1. The van der Waals surface area contributed by atoms with E-state index in [4.69, 9.17) is 9.47 Å². The summed E-state index contributed by atoms with van der Waals surface area (Å²) in [6.07, 6.45) is 3.35. The molecule has 1 aliphatic carbocycles. The number of hydrogen-bond donors (Lipinski definition) is 0. The predicted molar refractivity (Wildman–Crippen MR) is 115 cm³/mol. The number of nitrogens with zero attached hydrogens (tertiary/aromatic N) is 3. The number of carbonyl (C=O) groups excluding carboxylic acids is 1. The van der Waals surface area contributed by atoms with Gasteiger partial charge in [0.1, 0.15) is 11.9 Å². The zero-order valence-corrected chi connectivity index (χ0v) is 18.7. The van der Waals surface area contributed by atoms with Gasteiger partial charge in [-0.15, -0.1) is 10.2 Å². The van der Waals surface area contributed by atoms with E-state index in [-0.39, 0.29) is 17.8 Å². The molecular formula is C22H31N3O3S. The second-order valence-electron chi connectivity index (χ2n) is 8.24. The highest BCUT2D eigenvalue weighted by Gasteiger charge is 2.33. The Morgan fingerprint density at radius 1 is 1.24 bits per heavy atom. The van der Waals surface area contributed by atoms with E-state index in [0.29, 0.717) is 22.9 Å². The summed E-state index contributed by atoms with van der Waals surface area (Å²) in [6, 6.07) is 7.68. The van der Waals surface area contributed by atoms with Crippen LogP contribution in [0, 0.1) is 17.8 Å². The van der Waals surface area contributed by atoms with E-state index in [1.54, 1.807) is 7.11 Å². The quantitative estimate of drug-likeness (QED) is 0.485. The number of rotatable bonds is 7. The summed E-state index contributed by atoms with van der Waals surface area (Å²) in [7, 11) is 3.55. The highest BCUT2D eigenvalue weighted by Crippen LogP contribution is 2.35. The van der Waals surface area contributed by atoms with Gasteiger partial charge in [-0.3, -0.25) is 4.79 Å². The third-order valence-electron chi connectivity index (χ3n) is 5.75. The molecule has 158 valence electrons. The summed E-state index contributed by atoms with van der Waals surface area (Å²) in [6.45, 7) is 6.68. The van der Waals surface area contributed by atoms with Crippen molar-refractivity contribution in [2.24, 2.45) is 24.8 Å².